The van der Waals surface area contributed by atoms with E-state index >= 15 is 0 Å². The van der Waals surface area contributed by atoms with Crippen LogP contribution in [-0.4, -0.2) is 23.3 Å². The second-order valence-corrected chi connectivity index (χ2v) is 15.3. The molecule has 0 spiro atoms. The molecule has 0 amide bonds. The predicted octanol–water partition coefficient (Wildman–Crippen LogP) is 9.34. The summed E-state index contributed by atoms with van der Waals surface area (Å²) in [6.45, 7) is 11.4. The van der Waals surface area contributed by atoms with E-state index in [-0.39, 0.29) is 29.0 Å². The monoisotopic (exact) mass is 582 g/mol. The molecular weight excluding hydrogens is 528 g/mol. The topological polar surface area (TPSA) is 46.5 Å². The third-order valence-electron chi connectivity index (χ3n) is 13.3. The lowest BCUT2D eigenvalue weighted by atomic mass is 9.41. The van der Waals surface area contributed by atoms with Crippen LogP contribution in [0.1, 0.15) is 104 Å². The van der Waals surface area contributed by atoms with Crippen molar-refractivity contribution in [1.29, 1.82) is 0 Å². The number of aliphatic hydroxyl groups excluding tert-OH is 1. The molecule has 3 nitrogen and oxygen atoms in total. The van der Waals surface area contributed by atoms with Crippen LogP contribution in [0.2, 0.25) is 0 Å². The standard InChI is InChI=1S/C40H54O3/c1-6-31-36-25-30(43-27(3)41)21-23-40(36,5)35-22-24-39(4)33(19-20-34(39)37(35)38(31)42)26(2)17-18-32(28-13-9-7-10-14-28)29-15-11-8-12-16-29/h7-16,18,26,30-31,33-38,42H,6,17,19-25H2,1-5H3. The first-order valence-electron chi connectivity index (χ1n) is 17.3. The van der Waals surface area contributed by atoms with Gasteiger partial charge < -0.3 is 9.84 Å². The van der Waals surface area contributed by atoms with Gasteiger partial charge in [0, 0.05) is 6.92 Å². The number of aliphatic hydroxyl groups is 1. The van der Waals surface area contributed by atoms with Crippen molar-refractivity contribution in [3.8, 4) is 0 Å². The van der Waals surface area contributed by atoms with Gasteiger partial charge in [-0.25, -0.2) is 0 Å². The number of ether oxygens (including phenoxy) is 1. The average molecular weight is 583 g/mol. The molecule has 1 N–H and O–H groups in total. The van der Waals surface area contributed by atoms with Gasteiger partial charge >= 0.3 is 5.97 Å². The zero-order chi connectivity index (χ0) is 30.4. The smallest absolute Gasteiger partial charge is 0.302 e. The first kappa shape index (κ1) is 30.6. The SMILES string of the molecule is CCC1C(O)C2C3CCC(C(C)CC=C(c4ccccc4)c4ccccc4)C3(C)CCC2C2(C)CCC(OC(C)=O)CC12. The van der Waals surface area contributed by atoms with Gasteiger partial charge in [0.1, 0.15) is 6.10 Å². The van der Waals surface area contributed by atoms with E-state index in [1.54, 1.807) is 0 Å². The molecule has 2 aromatic rings. The fourth-order valence-corrected chi connectivity index (χ4v) is 11.4. The number of hydrogen-bond donors (Lipinski definition) is 1. The van der Waals surface area contributed by atoms with Crippen LogP contribution in [0.5, 0.6) is 0 Å². The third kappa shape index (κ3) is 5.43. The van der Waals surface area contributed by atoms with Crippen molar-refractivity contribution in [1.82, 2.24) is 0 Å². The van der Waals surface area contributed by atoms with Crippen LogP contribution in [0.25, 0.3) is 5.57 Å². The molecular formula is C40H54O3. The summed E-state index contributed by atoms with van der Waals surface area (Å²) in [5.74, 6) is 3.41. The summed E-state index contributed by atoms with van der Waals surface area (Å²) in [5, 5.41) is 12.2. The number of benzene rings is 2. The van der Waals surface area contributed by atoms with E-state index in [9.17, 15) is 9.90 Å². The highest BCUT2D eigenvalue weighted by Crippen LogP contribution is 2.69. The lowest BCUT2D eigenvalue weighted by molar-refractivity contribution is -0.207. The number of hydrogen-bond acceptors (Lipinski definition) is 3. The number of carbonyl (C=O) groups excluding carboxylic acids is 1. The number of esters is 1. The Kier molecular flexibility index (Phi) is 8.68. The van der Waals surface area contributed by atoms with Crippen LogP contribution in [0.4, 0.5) is 0 Å². The fraction of sp³-hybridized carbons (Fsp3) is 0.625. The van der Waals surface area contributed by atoms with Gasteiger partial charge in [0.05, 0.1) is 6.10 Å². The van der Waals surface area contributed by atoms with Crippen molar-refractivity contribution in [3.05, 3.63) is 77.9 Å². The Morgan fingerprint density at radius 2 is 1.51 bits per heavy atom. The van der Waals surface area contributed by atoms with Crippen LogP contribution in [0, 0.1) is 52.3 Å². The molecule has 3 heteroatoms. The maximum atomic E-state index is 12.2. The lowest BCUT2D eigenvalue weighted by Crippen LogP contribution is -2.62. The van der Waals surface area contributed by atoms with Gasteiger partial charge in [-0.15, -0.1) is 0 Å². The molecule has 4 aliphatic carbocycles. The Balaban J connectivity index is 1.24. The molecule has 4 fully saturated rings. The zero-order valence-electron chi connectivity index (χ0n) is 27.2. The minimum atomic E-state index is -0.245. The molecule has 11 unspecified atom stereocenters. The van der Waals surface area contributed by atoms with E-state index in [4.69, 9.17) is 4.74 Å². The second kappa shape index (κ2) is 12.2. The largest absolute Gasteiger partial charge is 0.463 e. The molecule has 43 heavy (non-hydrogen) atoms. The van der Waals surface area contributed by atoms with E-state index in [1.165, 1.54) is 49.3 Å². The van der Waals surface area contributed by atoms with E-state index in [0.717, 1.165) is 32.1 Å². The summed E-state index contributed by atoms with van der Waals surface area (Å²) in [4.78, 5) is 11.8. The molecule has 0 aliphatic heterocycles. The molecule has 4 saturated carbocycles. The maximum absolute atomic E-state index is 12.2. The second-order valence-electron chi connectivity index (χ2n) is 15.3. The van der Waals surface area contributed by atoms with Gasteiger partial charge in [-0.2, -0.15) is 0 Å². The van der Waals surface area contributed by atoms with E-state index in [0.29, 0.717) is 41.4 Å². The van der Waals surface area contributed by atoms with Gasteiger partial charge in [0.15, 0.2) is 0 Å². The maximum Gasteiger partial charge on any atom is 0.302 e. The molecule has 11 atom stereocenters. The Morgan fingerprint density at radius 1 is 0.907 bits per heavy atom. The predicted molar refractivity (Wildman–Crippen MR) is 175 cm³/mol. The minimum Gasteiger partial charge on any atom is -0.463 e. The highest BCUT2D eigenvalue weighted by atomic mass is 16.5. The zero-order valence-corrected chi connectivity index (χ0v) is 27.2. The van der Waals surface area contributed by atoms with Crippen LogP contribution < -0.4 is 0 Å². The van der Waals surface area contributed by atoms with Crippen molar-refractivity contribution in [2.75, 3.05) is 0 Å². The van der Waals surface area contributed by atoms with Crippen LogP contribution >= 0.6 is 0 Å². The lowest BCUT2D eigenvalue weighted by Gasteiger charge is -2.64. The van der Waals surface area contributed by atoms with Crippen molar-refractivity contribution in [2.24, 2.45) is 52.3 Å². The fourth-order valence-electron chi connectivity index (χ4n) is 11.4. The number of allylic oxidation sites excluding steroid dienone is 1. The molecule has 232 valence electrons. The Hall–Kier alpha value is -2.39. The van der Waals surface area contributed by atoms with Crippen LogP contribution in [-0.2, 0) is 9.53 Å². The summed E-state index contributed by atoms with van der Waals surface area (Å²) in [5.41, 5.74) is 4.44. The molecule has 4 aliphatic rings. The minimum absolute atomic E-state index is 0.0173. The Morgan fingerprint density at radius 3 is 2.12 bits per heavy atom. The van der Waals surface area contributed by atoms with Gasteiger partial charge in [0.25, 0.3) is 0 Å². The molecule has 0 bridgehead atoms. The molecule has 6 rings (SSSR count). The highest BCUT2D eigenvalue weighted by Gasteiger charge is 2.65. The van der Waals surface area contributed by atoms with Crippen LogP contribution in [0.3, 0.4) is 0 Å². The first-order valence-corrected chi connectivity index (χ1v) is 17.3. The first-order chi connectivity index (χ1) is 20.7. The van der Waals surface area contributed by atoms with Gasteiger partial charge in [-0.3, -0.25) is 4.79 Å². The van der Waals surface area contributed by atoms with Gasteiger partial charge in [-0.1, -0.05) is 101 Å². The summed E-state index contributed by atoms with van der Waals surface area (Å²) >= 11 is 0. The Bertz CT molecular complexity index is 1240. The van der Waals surface area contributed by atoms with Crippen LogP contribution in [0.15, 0.2) is 66.7 Å². The summed E-state index contributed by atoms with van der Waals surface area (Å²) in [7, 11) is 0. The molecule has 0 radical (unpaired) electrons. The van der Waals surface area contributed by atoms with Crippen molar-refractivity contribution in [3.63, 3.8) is 0 Å². The molecule has 0 saturated heterocycles. The third-order valence-corrected chi connectivity index (χ3v) is 13.3. The van der Waals surface area contributed by atoms with Crippen molar-refractivity contribution >= 4 is 11.5 Å². The summed E-state index contributed by atoms with van der Waals surface area (Å²) in [6.07, 6.45) is 12.4. The summed E-state index contributed by atoms with van der Waals surface area (Å²) in [6, 6.07) is 21.7. The normalized spacial score (nSPS) is 39.1. The van der Waals surface area contributed by atoms with Crippen molar-refractivity contribution < 1.29 is 14.6 Å². The quantitative estimate of drug-likeness (QED) is 0.331. The van der Waals surface area contributed by atoms with E-state index < -0.39 is 0 Å². The van der Waals surface area contributed by atoms with Crippen molar-refractivity contribution in [2.45, 2.75) is 105 Å². The number of fused-ring (bicyclic) bond motifs is 5. The van der Waals surface area contributed by atoms with E-state index in [2.05, 4.69) is 94.4 Å². The highest BCUT2D eigenvalue weighted by molar-refractivity contribution is 5.79. The summed E-state index contributed by atoms with van der Waals surface area (Å²) < 4.78 is 5.75. The van der Waals surface area contributed by atoms with Gasteiger partial charge in [0.2, 0.25) is 0 Å². The van der Waals surface area contributed by atoms with E-state index in [1.807, 2.05) is 0 Å². The number of rotatable bonds is 7. The molecule has 2 aromatic carbocycles. The Labute approximate surface area is 260 Å². The van der Waals surface area contributed by atoms with Gasteiger partial charge in [-0.05, 0) is 120 Å². The molecule has 0 aromatic heterocycles. The average Bonchev–Trinajstić information content (AvgIpc) is 3.36. The number of carbonyl (C=O) groups is 1. The molecule has 0 heterocycles.